The Balaban J connectivity index is 2.13. The zero-order chi connectivity index (χ0) is 18.2. The molecule has 1 saturated heterocycles. The highest BCUT2D eigenvalue weighted by atomic mass is 79.9. The highest BCUT2D eigenvalue weighted by molar-refractivity contribution is 9.10. The summed E-state index contributed by atoms with van der Waals surface area (Å²) in [7, 11) is 1.68. The van der Waals surface area contributed by atoms with Crippen molar-refractivity contribution in [2.24, 2.45) is 0 Å². The number of hydrogen-bond acceptors (Lipinski definition) is 4. The number of ether oxygens (including phenoxy) is 2. The van der Waals surface area contributed by atoms with Gasteiger partial charge in [0.05, 0.1) is 11.1 Å². The summed E-state index contributed by atoms with van der Waals surface area (Å²) >= 11 is 3.50. The molecule has 0 aliphatic carbocycles. The van der Waals surface area contributed by atoms with E-state index in [-0.39, 0.29) is 18.0 Å². The van der Waals surface area contributed by atoms with Crippen LogP contribution in [0, 0.1) is 0 Å². The van der Waals surface area contributed by atoms with Gasteiger partial charge >= 0.3 is 0 Å². The molecule has 1 atom stereocenters. The third-order valence-corrected chi connectivity index (χ3v) is 5.04. The van der Waals surface area contributed by atoms with Gasteiger partial charge in [0.15, 0.2) is 0 Å². The summed E-state index contributed by atoms with van der Waals surface area (Å²) in [5, 5.41) is 3.40. The Kier molecular flexibility index (Phi) is 8.19. The second-order valence-corrected chi connectivity index (χ2v) is 7.50. The Hall–Kier alpha value is -1.11. The smallest absolute Gasteiger partial charge is 0.254 e. The standard InChI is InChI=1S/C19H29BrN2O3/c1-14(2)22(16-6-4-9-21-13-16)19(23)15-7-8-17(20)18(12-15)25-11-5-10-24-3/h7-8,12,14,16,21H,4-6,9-11,13H2,1-3H3/t16-/m1/s1. The molecule has 1 aromatic carbocycles. The highest BCUT2D eigenvalue weighted by Crippen LogP contribution is 2.28. The van der Waals surface area contributed by atoms with Gasteiger partial charge in [-0.1, -0.05) is 0 Å². The van der Waals surface area contributed by atoms with E-state index < -0.39 is 0 Å². The van der Waals surface area contributed by atoms with Crippen molar-refractivity contribution in [3.63, 3.8) is 0 Å². The van der Waals surface area contributed by atoms with Gasteiger partial charge in [-0.25, -0.2) is 0 Å². The lowest BCUT2D eigenvalue weighted by Gasteiger charge is -2.37. The molecule has 0 aromatic heterocycles. The van der Waals surface area contributed by atoms with Crippen LogP contribution in [0.4, 0.5) is 0 Å². The number of carbonyl (C=O) groups excluding carboxylic acids is 1. The Bertz CT molecular complexity index is 560. The number of amides is 1. The average Bonchev–Trinajstić information content (AvgIpc) is 2.61. The first kappa shape index (κ1) is 20.2. The number of carbonyl (C=O) groups is 1. The maximum absolute atomic E-state index is 13.1. The van der Waals surface area contributed by atoms with Gasteiger partial charge in [-0.05, 0) is 67.4 Å². The quantitative estimate of drug-likeness (QED) is 0.664. The van der Waals surface area contributed by atoms with Gasteiger partial charge in [0, 0.05) is 44.3 Å². The van der Waals surface area contributed by atoms with Crippen molar-refractivity contribution in [2.45, 2.75) is 45.2 Å². The minimum atomic E-state index is 0.0675. The van der Waals surface area contributed by atoms with E-state index in [2.05, 4.69) is 35.1 Å². The minimum Gasteiger partial charge on any atom is -0.492 e. The Morgan fingerprint density at radius 3 is 2.84 bits per heavy atom. The molecule has 1 amide bonds. The molecule has 1 N–H and O–H groups in total. The van der Waals surface area contributed by atoms with E-state index in [9.17, 15) is 4.79 Å². The number of halogens is 1. The summed E-state index contributed by atoms with van der Waals surface area (Å²) in [6.07, 6.45) is 2.97. The van der Waals surface area contributed by atoms with Gasteiger partial charge in [0.1, 0.15) is 5.75 Å². The van der Waals surface area contributed by atoms with Gasteiger partial charge in [0.2, 0.25) is 0 Å². The summed E-state index contributed by atoms with van der Waals surface area (Å²) in [5.74, 6) is 0.769. The summed E-state index contributed by atoms with van der Waals surface area (Å²) < 4.78 is 11.7. The second-order valence-electron chi connectivity index (χ2n) is 6.65. The molecule has 1 fully saturated rings. The van der Waals surface area contributed by atoms with Crippen LogP contribution in [0.1, 0.15) is 43.5 Å². The second kappa shape index (κ2) is 10.1. The lowest BCUT2D eigenvalue weighted by atomic mass is 10.0. The molecule has 25 heavy (non-hydrogen) atoms. The number of methoxy groups -OCH3 is 1. The number of rotatable bonds is 8. The molecule has 1 aliphatic rings. The number of benzene rings is 1. The lowest BCUT2D eigenvalue weighted by Crippen LogP contribution is -2.51. The van der Waals surface area contributed by atoms with Crippen molar-refractivity contribution >= 4 is 21.8 Å². The van der Waals surface area contributed by atoms with E-state index in [4.69, 9.17) is 9.47 Å². The summed E-state index contributed by atoms with van der Waals surface area (Å²) in [6.45, 7) is 7.27. The molecule has 0 bridgehead atoms. The van der Waals surface area contributed by atoms with Crippen molar-refractivity contribution < 1.29 is 14.3 Å². The largest absolute Gasteiger partial charge is 0.492 e. The average molecular weight is 413 g/mol. The predicted molar refractivity (Wildman–Crippen MR) is 103 cm³/mol. The number of piperidine rings is 1. The van der Waals surface area contributed by atoms with Crippen molar-refractivity contribution in [3.05, 3.63) is 28.2 Å². The van der Waals surface area contributed by atoms with Crippen LogP contribution in [-0.4, -0.2) is 56.3 Å². The maximum Gasteiger partial charge on any atom is 0.254 e. The van der Waals surface area contributed by atoms with E-state index >= 15 is 0 Å². The summed E-state index contributed by atoms with van der Waals surface area (Å²) in [5.41, 5.74) is 0.671. The third kappa shape index (κ3) is 5.69. The van der Waals surface area contributed by atoms with Crippen LogP contribution in [0.3, 0.4) is 0 Å². The van der Waals surface area contributed by atoms with Crippen molar-refractivity contribution in [2.75, 3.05) is 33.4 Å². The van der Waals surface area contributed by atoms with Gasteiger partial charge in [-0.2, -0.15) is 0 Å². The lowest BCUT2D eigenvalue weighted by molar-refractivity contribution is 0.0573. The molecular formula is C19H29BrN2O3. The molecule has 0 radical (unpaired) electrons. The SMILES string of the molecule is COCCCOc1cc(C(=O)N(C(C)C)[C@@H]2CCCNC2)ccc1Br. The summed E-state index contributed by atoms with van der Waals surface area (Å²) in [4.78, 5) is 15.1. The van der Waals surface area contributed by atoms with E-state index in [1.807, 2.05) is 23.1 Å². The van der Waals surface area contributed by atoms with Crippen LogP contribution in [0.2, 0.25) is 0 Å². The van der Waals surface area contributed by atoms with Gasteiger partial charge in [-0.15, -0.1) is 0 Å². The minimum absolute atomic E-state index is 0.0675. The molecule has 140 valence electrons. The zero-order valence-electron chi connectivity index (χ0n) is 15.4. The molecular weight excluding hydrogens is 384 g/mol. The van der Waals surface area contributed by atoms with E-state index in [1.165, 1.54) is 0 Å². The topological polar surface area (TPSA) is 50.8 Å². The number of hydrogen-bond donors (Lipinski definition) is 1. The summed E-state index contributed by atoms with van der Waals surface area (Å²) in [6, 6.07) is 5.99. The molecule has 2 rings (SSSR count). The Morgan fingerprint density at radius 2 is 2.20 bits per heavy atom. The van der Waals surface area contributed by atoms with Crippen molar-refractivity contribution in [3.8, 4) is 5.75 Å². The van der Waals surface area contributed by atoms with Gasteiger partial charge < -0.3 is 19.7 Å². The predicted octanol–water partition coefficient (Wildman–Crippen LogP) is 3.47. The Labute approximate surface area is 159 Å². The van der Waals surface area contributed by atoms with Gasteiger partial charge in [0.25, 0.3) is 5.91 Å². The Morgan fingerprint density at radius 1 is 1.40 bits per heavy atom. The van der Waals surface area contributed by atoms with Crippen LogP contribution >= 0.6 is 15.9 Å². The first-order chi connectivity index (χ1) is 12.0. The van der Waals surface area contributed by atoms with Crippen LogP contribution in [0.25, 0.3) is 0 Å². The number of nitrogens with zero attached hydrogens (tertiary/aromatic N) is 1. The molecule has 1 aliphatic heterocycles. The molecule has 5 nitrogen and oxygen atoms in total. The van der Waals surface area contributed by atoms with E-state index in [0.717, 1.165) is 36.8 Å². The van der Waals surface area contributed by atoms with Crippen LogP contribution in [-0.2, 0) is 4.74 Å². The van der Waals surface area contributed by atoms with Crippen LogP contribution in [0.15, 0.2) is 22.7 Å². The molecule has 1 heterocycles. The van der Waals surface area contributed by atoms with Crippen LogP contribution in [0.5, 0.6) is 5.75 Å². The molecule has 1 aromatic rings. The fourth-order valence-electron chi connectivity index (χ4n) is 3.17. The van der Waals surface area contributed by atoms with E-state index in [1.54, 1.807) is 7.11 Å². The normalized spacial score (nSPS) is 17.6. The molecule has 0 spiro atoms. The first-order valence-corrected chi connectivity index (χ1v) is 9.78. The fourth-order valence-corrected chi connectivity index (χ4v) is 3.54. The van der Waals surface area contributed by atoms with Crippen molar-refractivity contribution in [1.82, 2.24) is 10.2 Å². The first-order valence-electron chi connectivity index (χ1n) is 8.99. The highest BCUT2D eigenvalue weighted by Gasteiger charge is 2.28. The zero-order valence-corrected chi connectivity index (χ0v) is 17.0. The molecule has 0 saturated carbocycles. The van der Waals surface area contributed by atoms with Crippen LogP contribution < -0.4 is 10.1 Å². The maximum atomic E-state index is 13.1. The molecule has 0 unspecified atom stereocenters. The number of nitrogens with one attached hydrogen (secondary N) is 1. The van der Waals surface area contributed by atoms with E-state index in [0.29, 0.717) is 24.5 Å². The molecule has 6 heteroatoms. The van der Waals surface area contributed by atoms with Gasteiger partial charge in [-0.3, -0.25) is 4.79 Å². The third-order valence-electron chi connectivity index (χ3n) is 4.38. The van der Waals surface area contributed by atoms with Crippen molar-refractivity contribution in [1.29, 1.82) is 0 Å². The monoisotopic (exact) mass is 412 g/mol. The fraction of sp³-hybridized carbons (Fsp3) is 0.632.